The molecule has 0 spiro atoms. The minimum absolute atomic E-state index is 0.637. The Morgan fingerprint density at radius 2 is 2.40 bits per heavy atom. The van der Waals surface area contributed by atoms with Crippen molar-refractivity contribution in [1.82, 2.24) is 4.98 Å². The lowest BCUT2D eigenvalue weighted by atomic mass is 10.4. The van der Waals surface area contributed by atoms with Gasteiger partial charge in [0.05, 0.1) is 6.20 Å². The van der Waals surface area contributed by atoms with Gasteiger partial charge >= 0.3 is 0 Å². The summed E-state index contributed by atoms with van der Waals surface area (Å²) in [5.41, 5.74) is 0. The van der Waals surface area contributed by atoms with E-state index in [-0.39, 0.29) is 0 Å². The number of oxazole rings is 1. The fraction of sp³-hybridized carbons (Fsp3) is 0.125. The number of nitrogens with zero attached hydrogens (tertiary/aromatic N) is 1. The van der Waals surface area contributed by atoms with Crippen LogP contribution in [-0.4, -0.2) is 4.98 Å². The largest absolute Gasteiger partial charge is 0.445 e. The number of hydrogen-bond donors (Lipinski definition) is 0. The molecule has 2 heteroatoms. The highest BCUT2D eigenvalue weighted by atomic mass is 16.3. The summed E-state index contributed by atoms with van der Waals surface area (Å²) in [6, 6.07) is 0. The Balaban J connectivity index is 2.55. The second-order valence-corrected chi connectivity index (χ2v) is 1.76. The van der Waals surface area contributed by atoms with Crippen molar-refractivity contribution in [2.45, 2.75) is 6.92 Å². The Morgan fingerprint density at radius 1 is 1.50 bits per heavy atom. The second kappa shape index (κ2) is 3.67. The van der Waals surface area contributed by atoms with Crippen molar-refractivity contribution in [1.29, 1.82) is 0 Å². The van der Waals surface area contributed by atoms with E-state index < -0.39 is 0 Å². The summed E-state index contributed by atoms with van der Waals surface area (Å²) in [6.45, 7) is 1.96. The van der Waals surface area contributed by atoms with E-state index in [9.17, 15) is 0 Å². The van der Waals surface area contributed by atoms with Crippen molar-refractivity contribution in [2.75, 3.05) is 0 Å². The van der Waals surface area contributed by atoms with Gasteiger partial charge in [-0.15, -0.1) is 0 Å². The lowest BCUT2D eigenvalue weighted by molar-refractivity contribution is 0.546. The lowest BCUT2D eigenvalue weighted by Crippen LogP contribution is -1.64. The first kappa shape index (κ1) is 6.81. The van der Waals surface area contributed by atoms with Gasteiger partial charge in [-0.25, -0.2) is 4.98 Å². The molecule has 0 aliphatic rings. The zero-order valence-electron chi connectivity index (χ0n) is 5.82. The van der Waals surface area contributed by atoms with Crippen LogP contribution in [0.3, 0.4) is 0 Å². The quantitative estimate of drug-likeness (QED) is 0.581. The SMILES string of the molecule is C/C=C/C=C/c1ncco1. The molecule has 2 nitrogen and oxygen atoms in total. The highest BCUT2D eigenvalue weighted by Crippen LogP contribution is 1.96. The van der Waals surface area contributed by atoms with Crippen LogP contribution >= 0.6 is 0 Å². The van der Waals surface area contributed by atoms with Gasteiger partial charge in [0.1, 0.15) is 6.26 Å². The summed E-state index contributed by atoms with van der Waals surface area (Å²) in [5, 5.41) is 0. The molecule has 52 valence electrons. The Morgan fingerprint density at radius 3 is 3.00 bits per heavy atom. The molecule has 0 amide bonds. The van der Waals surface area contributed by atoms with Crippen LogP contribution in [-0.2, 0) is 0 Å². The first-order valence-electron chi connectivity index (χ1n) is 3.12. The van der Waals surface area contributed by atoms with E-state index in [1.165, 1.54) is 0 Å². The van der Waals surface area contributed by atoms with Gasteiger partial charge in [-0.3, -0.25) is 0 Å². The molecule has 0 aliphatic carbocycles. The Hall–Kier alpha value is -1.31. The Kier molecular flexibility index (Phi) is 2.49. The molecule has 0 aromatic carbocycles. The van der Waals surface area contributed by atoms with Crippen LogP contribution in [0.15, 0.2) is 35.1 Å². The fourth-order valence-electron chi connectivity index (χ4n) is 0.566. The number of aromatic nitrogens is 1. The van der Waals surface area contributed by atoms with Gasteiger partial charge in [-0.2, -0.15) is 0 Å². The molecule has 0 N–H and O–H groups in total. The maximum absolute atomic E-state index is 4.95. The van der Waals surface area contributed by atoms with E-state index >= 15 is 0 Å². The maximum Gasteiger partial charge on any atom is 0.218 e. The molecule has 0 radical (unpaired) electrons. The topological polar surface area (TPSA) is 26.0 Å². The first-order chi connectivity index (χ1) is 4.93. The molecular weight excluding hydrogens is 126 g/mol. The second-order valence-electron chi connectivity index (χ2n) is 1.76. The van der Waals surface area contributed by atoms with Crippen molar-refractivity contribution < 1.29 is 4.42 Å². The van der Waals surface area contributed by atoms with Crippen LogP contribution in [0.1, 0.15) is 12.8 Å². The summed E-state index contributed by atoms with van der Waals surface area (Å²) in [4.78, 5) is 3.90. The molecule has 1 aromatic heterocycles. The summed E-state index contributed by atoms with van der Waals surface area (Å²) < 4.78 is 4.95. The molecule has 1 rings (SSSR count). The van der Waals surface area contributed by atoms with Gasteiger partial charge in [-0.1, -0.05) is 18.2 Å². The Bertz CT molecular complexity index is 221. The van der Waals surface area contributed by atoms with Gasteiger partial charge in [0.25, 0.3) is 0 Å². The number of allylic oxidation sites excluding steroid dienone is 3. The van der Waals surface area contributed by atoms with Gasteiger partial charge in [0.2, 0.25) is 5.89 Å². The summed E-state index contributed by atoms with van der Waals surface area (Å²) in [7, 11) is 0. The smallest absolute Gasteiger partial charge is 0.218 e. The van der Waals surface area contributed by atoms with Gasteiger partial charge < -0.3 is 4.42 Å². The molecule has 0 aliphatic heterocycles. The minimum atomic E-state index is 0.637. The molecule has 0 atom stereocenters. The number of rotatable bonds is 2. The highest BCUT2D eigenvalue weighted by molar-refractivity contribution is 5.40. The zero-order chi connectivity index (χ0) is 7.23. The Labute approximate surface area is 59.9 Å². The standard InChI is InChI=1S/C8H9NO/c1-2-3-4-5-8-9-6-7-10-8/h2-7H,1H3/b3-2+,5-4+. The van der Waals surface area contributed by atoms with Crippen molar-refractivity contribution in [3.63, 3.8) is 0 Å². The van der Waals surface area contributed by atoms with E-state index in [2.05, 4.69) is 4.98 Å². The van der Waals surface area contributed by atoms with Crippen LogP contribution in [0.25, 0.3) is 6.08 Å². The third-order valence-corrected chi connectivity index (χ3v) is 0.994. The third-order valence-electron chi connectivity index (χ3n) is 0.994. The number of hydrogen-bond acceptors (Lipinski definition) is 2. The average molecular weight is 135 g/mol. The third kappa shape index (κ3) is 1.90. The lowest BCUT2D eigenvalue weighted by Gasteiger charge is -1.76. The summed E-state index contributed by atoms with van der Waals surface area (Å²) in [5.74, 6) is 0.637. The first-order valence-corrected chi connectivity index (χ1v) is 3.12. The minimum Gasteiger partial charge on any atom is -0.445 e. The van der Waals surface area contributed by atoms with Gasteiger partial charge in [0, 0.05) is 6.08 Å². The van der Waals surface area contributed by atoms with Crippen LogP contribution in [0.2, 0.25) is 0 Å². The molecule has 1 aromatic rings. The zero-order valence-corrected chi connectivity index (χ0v) is 5.82. The maximum atomic E-state index is 4.95. The van der Waals surface area contributed by atoms with Gasteiger partial charge in [0.15, 0.2) is 0 Å². The predicted octanol–water partition coefficient (Wildman–Crippen LogP) is 2.26. The van der Waals surface area contributed by atoms with E-state index in [4.69, 9.17) is 4.42 Å². The van der Waals surface area contributed by atoms with Crippen LogP contribution < -0.4 is 0 Å². The van der Waals surface area contributed by atoms with Crippen LogP contribution in [0.5, 0.6) is 0 Å². The van der Waals surface area contributed by atoms with E-state index in [1.54, 1.807) is 18.5 Å². The average Bonchev–Trinajstić information content (AvgIpc) is 2.41. The predicted molar refractivity (Wildman–Crippen MR) is 40.4 cm³/mol. The molecule has 10 heavy (non-hydrogen) atoms. The normalized spacial score (nSPS) is 11.7. The molecule has 1 heterocycles. The molecular formula is C8H9NO. The van der Waals surface area contributed by atoms with Crippen molar-refractivity contribution in [2.24, 2.45) is 0 Å². The monoisotopic (exact) mass is 135 g/mol. The van der Waals surface area contributed by atoms with Crippen LogP contribution in [0, 0.1) is 0 Å². The molecule has 0 saturated carbocycles. The summed E-state index contributed by atoms with van der Waals surface area (Å²) >= 11 is 0. The summed E-state index contributed by atoms with van der Waals surface area (Å²) in [6.07, 6.45) is 10.7. The molecule has 0 bridgehead atoms. The van der Waals surface area contributed by atoms with Crippen molar-refractivity contribution >= 4 is 6.08 Å². The van der Waals surface area contributed by atoms with Crippen LogP contribution in [0.4, 0.5) is 0 Å². The molecule has 0 fully saturated rings. The van der Waals surface area contributed by atoms with E-state index in [1.807, 2.05) is 25.2 Å². The highest BCUT2D eigenvalue weighted by Gasteiger charge is 1.84. The molecule has 0 saturated heterocycles. The van der Waals surface area contributed by atoms with Crippen molar-refractivity contribution in [3.05, 3.63) is 36.6 Å². The van der Waals surface area contributed by atoms with E-state index in [0.29, 0.717) is 5.89 Å². The van der Waals surface area contributed by atoms with Gasteiger partial charge in [-0.05, 0) is 6.92 Å². The molecule has 0 unspecified atom stereocenters. The van der Waals surface area contributed by atoms with E-state index in [0.717, 1.165) is 0 Å². The van der Waals surface area contributed by atoms with Crippen molar-refractivity contribution in [3.8, 4) is 0 Å². The fourth-order valence-corrected chi connectivity index (χ4v) is 0.566.